The molecule has 3 aromatic rings. The Morgan fingerprint density at radius 2 is 1.87 bits per heavy atom. The Labute approximate surface area is 266 Å². The number of halogens is 5. The third-order valence-electron chi connectivity index (χ3n) is 10.1. The molecule has 2 amide bonds. The lowest BCUT2D eigenvalue weighted by Gasteiger charge is -2.49. The van der Waals surface area contributed by atoms with Crippen molar-refractivity contribution in [2.75, 3.05) is 24.5 Å². The number of piperidine rings is 2. The molecule has 3 aromatic heterocycles. The highest BCUT2D eigenvalue weighted by Crippen LogP contribution is 2.42. The molecular formula is C30H37F5N10O2. The van der Waals surface area contributed by atoms with Gasteiger partial charge in [-0.1, -0.05) is 0 Å². The molecule has 0 radical (unpaired) electrons. The average Bonchev–Trinajstić information content (AvgIpc) is 3.67. The van der Waals surface area contributed by atoms with Crippen LogP contribution in [0.15, 0.2) is 18.5 Å². The van der Waals surface area contributed by atoms with Crippen molar-refractivity contribution in [3.63, 3.8) is 0 Å². The molecule has 47 heavy (non-hydrogen) atoms. The minimum Gasteiger partial charge on any atom is -0.355 e. The summed E-state index contributed by atoms with van der Waals surface area (Å²) in [6.07, 6.45) is -1.06. The number of fused-ring (bicyclic) bond motifs is 3. The fourth-order valence-electron chi connectivity index (χ4n) is 7.47. The van der Waals surface area contributed by atoms with Crippen LogP contribution >= 0.6 is 0 Å². The topological polar surface area (TPSA) is 134 Å². The zero-order valence-electron chi connectivity index (χ0n) is 25.8. The number of imidazole rings is 1. The third kappa shape index (κ3) is 6.37. The number of alkyl halides is 5. The number of nitrogens with one attached hydrogen (secondary N) is 3. The van der Waals surface area contributed by atoms with Gasteiger partial charge in [-0.05, 0) is 44.6 Å². The first-order valence-electron chi connectivity index (χ1n) is 16.2. The lowest BCUT2D eigenvalue weighted by Crippen LogP contribution is -2.67. The molecule has 7 heterocycles. The van der Waals surface area contributed by atoms with Crippen LogP contribution in [0.4, 0.5) is 27.8 Å². The van der Waals surface area contributed by atoms with Crippen molar-refractivity contribution in [2.24, 2.45) is 17.8 Å². The molecule has 5 atom stereocenters. The predicted octanol–water partition coefficient (Wildman–Crippen LogP) is 3.04. The number of aromatic nitrogens is 6. The summed E-state index contributed by atoms with van der Waals surface area (Å²) in [6, 6.07) is 1.32. The molecule has 5 aliphatic rings. The van der Waals surface area contributed by atoms with Crippen molar-refractivity contribution in [2.45, 2.75) is 88.6 Å². The van der Waals surface area contributed by atoms with E-state index in [1.807, 2.05) is 11.8 Å². The average molecular weight is 665 g/mol. The summed E-state index contributed by atoms with van der Waals surface area (Å²) in [7, 11) is 0. The first-order valence-corrected chi connectivity index (χ1v) is 16.2. The SMILES string of the molecule is CCn1nccc1C(=O)N[C@H](c1cn2nc(C[C@H]3C[C@@H](C(F)(F)F)CNC3=O)c(N3CC4CC(C3)N4)nc2n1)C1CCC(F)(F)CC1. The summed E-state index contributed by atoms with van der Waals surface area (Å²) >= 11 is 0. The van der Waals surface area contributed by atoms with Gasteiger partial charge in [-0.15, -0.1) is 0 Å². The van der Waals surface area contributed by atoms with Gasteiger partial charge in [0.2, 0.25) is 11.8 Å². The van der Waals surface area contributed by atoms with Gasteiger partial charge in [-0.25, -0.2) is 18.3 Å². The number of hydrogen-bond donors (Lipinski definition) is 3. The maximum atomic E-state index is 14.2. The zero-order valence-corrected chi connectivity index (χ0v) is 25.8. The summed E-state index contributed by atoms with van der Waals surface area (Å²) in [4.78, 5) is 37.8. The van der Waals surface area contributed by atoms with Crippen LogP contribution in [0.1, 0.15) is 73.4 Å². The molecule has 1 aliphatic carbocycles. The molecule has 2 bridgehead atoms. The second-order valence-corrected chi connectivity index (χ2v) is 13.3. The summed E-state index contributed by atoms with van der Waals surface area (Å²) in [5.41, 5.74) is 1.08. The van der Waals surface area contributed by atoms with E-state index in [1.54, 1.807) is 12.3 Å². The van der Waals surface area contributed by atoms with Gasteiger partial charge in [0.05, 0.1) is 23.9 Å². The molecule has 8 rings (SSSR count). The summed E-state index contributed by atoms with van der Waals surface area (Å²) < 4.78 is 72.1. The normalized spacial score (nSPS) is 26.9. The molecular weight excluding hydrogens is 627 g/mol. The Hall–Kier alpha value is -3.89. The van der Waals surface area contributed by atoms with E-state index in [0.29, 0.717) is 42.5 Å². The summed E-state index contributed by atoms with van der Waals surface area (Å²) in [5, 5.41) is 17.8. The third-order valence-corrected chi connectivity index (χ3v) is 10.1. The second-order valence-electron chi connectivity index (χ2n) is 13.3. The quantitative estimate of drug-likeness (QED) is 0.313. The van der Waals surface area contributed by atoms with E-state index >= 15 is 0 Å². The Kier molecular flexibility index (Phi) is 8.07. The maximum Gasteiger partial charge on any atom is 0.393 e. The molecule has 1 saturated carbocycles. The second kappa shape index (κ2) is 12.0. The van der Waals surface area contributed by atoms with E-state index in [1.165, 1.54) is 15.4 Å². The molecule has 0 aromatic carbocycles. The van der Waals surface area contributed by atoms with Crippen LogP contribution in [0.5, 0.6) is 0 Å². The number of hydrogen-bond acceptors (Lipinski definition) is 8. The first-order chi connectivity index (χ1) is 22.4. The number of aryl methyl sites for hydroxylation is 1. The number of amides is 2. The monoisotopic (exact) mass is 664 g/mol. The van der Waals surface area contributed by atoms with Crippen LogP contribution in [0, 0.1) is 17.8 Å². The van der Waals surface area contributed by atoms with Crippen molar-refractivity contribution < 1.29 is 31.5 Å². The number of anilines is 1. The fourth-order valence-corrected chi connectivity index (χ4v) is 7.47. The molecule has 254 valence electrons. The van der Waals surface area contributed by atoms with E-state index in [2.05, 4.69) is 21.0 Å². The van der Waals surface area contributed by atoms with Crippen molar-refractivity contribution in [1.82, 2.24) is 45.3 Å². The van der Waals surface area contributed by atoms with Crippen LogP contribution in [0.3, 0.4) is 0 Å². The molecule has 4 saturated heterocycles. The Morgan fingerprint density at radius 1 is 1.15 bits per heavy atom. The first kappa shape index (κ1) is 31.7. The molecule has 12 nitrogen and oxygen atoms in total. The molecule has 2 unspecified atom stereocenters. The van der Waals surface area contributed by atoms with Crippen LogP contribution in [0.2, 0.25) is 0 Å². The van der Waals surface area contributed by atoms with E-state index in [4.69, 9.17) is 15.1 Å². The van der Waals surface area contributed by atoms with Crippen molar-refractivity contribution in [3.05, 3.63) is 35.5 Å². The van der Waals surface area contributed by atoms with Gasteiger partial charge in [-0.3, -0.25) is 14.3 Å². The molecule has 17 heteroatoms. The fraction of sp³-hybridized carbons (Fsp3) is 0.667. The van der Waals surface area contributed by atoms with E-state index in [9.17, 15) is 31.5 Å². The minimum absolute atomic E-state index is 0.0532. The minimum atomic E-state index is -4.44. The number of piperazine rings is 1. The van der Waals surface area contributed by atoms with Crippen molar-refractivity contribution in [3.8, 4) is 0 Å². The lowest BCUT2D eigenvalue weighted by atomic mass is 9.81. The van der Waals surface area contributed by atoms with Gasteiger partial charge in [0, 0.05) is 69.6 Å². The Balaban J connectivity index is 1.24. The number of rotatable bonds is 8. The standard InChI is InChI=1S/C30H37F5N10O2/c1-2-44-23(5-8-37-44)27(47)40-24(16-3-6-29(31,32)7-4-16)22-15-45-28(39-22)41-25(43-13-19-11-20(14-43)38-19)21(42-45)10-17-9-18(30(33,34)35)12-36-26(17)46/h5,8,15-20,24,38H,2-4,6-7,9-14H2,1H3,(H,36,46)(H,40,47)/t17-,18-,19?,20?,24+/m1/s1. The lowest BCUT2D eigenvalue weighted by molar-refractivity contribution is -0.183. The van der Waals surface area contributed by atoms with Crippen LogP contribution in [-0.4, -0.2) is 85.0 Å². The molecule has 0 spiro atoms. The Morgan fingerprint density at radius 3 is 2.55 bits per heavy atom. The highest BCUT2D eigenvalue weighted by Gasteiger charge is 2.46. The highest BCUT2D eigenvalue weighted by molar-refractivity contribution is 5.92. The van der Waals surface area contributed by atoms with Crippen molar-refractivity contribution in [1.29, 1.82) is 0 Å². The molecule has 4 aliphatic heterocycles. The number of nitrogens with zero attached hydrogens (tertiary/aromatic N) is 7. The van der Waals surface area contributed by atoms with Gasteiger partial charge in [0.15, 0.2) is 5.82 Å². The smallest absolute Gasteiger partial charge is 0.355 e. The zero-order chi connectivity index (χ0) is 33.1. The van der Waals surface area contributed by atoms with E-state index in [0.717, 1.165) is 6.42 Å². The number of carbonyl (C=O) groups excluding carboxylic acids is 2. The molecule has 5 fully saturated rings. The van der Waals surface area contributed by atoms with E-state index in [-0.39, 0.29) is 62.3 Å². The van der Waals surface area contributed by atoms with Gasteiger partial charge in [0.1, 0.15) is 11.4 Å². The van der Waals surface area contributed by atoms with Crippen LogP contribution < -0.4 is 20.9 Å². The number of carbonyl (C=O) groups is 2. The van der Waals surface area contributed by atoms with Crippen LogP contribution in [0.25, 0.3) is 5.78 Å². The predicted molar refractivity (Wildman–Crippen MR) is 158 cm³/mol. The molecule has 3 N–H and O–H groups in total. The summed E-state index contributed by atoms with van der Waals surface area (Å²) in [5.74, 6) is -5.97. The van der Waals surface area contributed by atoms with Gasteiger partial charge >= 0.3 is 6.18 Å². The van der Waals surface area contributed by atoms with Gasteiger partial charge in [0.25, 0.3) is 11.7 Å². The van der Waals surface area contributed by atoms with Gasteiger partial charge < -0.3 is 20.9 Å². The van der Waals surface area contributed by atoms with Crippen molar-refractivity contribution >= 4 is 23.4 Å². The largest absolute Gasteiger partial charge is 0.393 e. The summed E-state index contributed by atoms with van der Waals surface area (Å²) in [6.45, 7) is 3.08. The maximum absolute atomic E-state index is 14.2. The highest BCUT2D eigenvalue weighted by atomic mass is 19.4. The van der Waals surface area contributed by atoms with E-state index < -0.39 is 48.3 Å². The van der Waals surface area contributed by atoms with Gasteiger partial charge in [-0.2, -0.15) is 28.4 Å². The van der Waals surface area contributed by atoms with Crippen LogP contribution in [-0.2, 0) is 17.8 Å². The Bertz CT molecular complexity index is 1630.